The molecule has 0 N–H and O–H groups in total. The normalized spacial score (nSPS) is 19.5. The van der Waals surface area contributed by atoms with Crippen molar-refractivity contribution >= 4 is 68.6 Å². The molecule has 74 heavy (non-hydrogen) atoms. The highest BCUT2D eigenvalue weighted by Gasteiger charge is 2.58. The molecule has 4 aliphatic rings. The van der Waals surface area contributed by atoms with Gasteiger partial charge in [-0.25, -0.2) is 0 Å². The Morgan fingerprint density at radius 1 is 0.378 bits per heavy atom. The lowest BCUT2D eigenvalue weighted by atomic mass is 9.33. The van der Waals surface area contributed by atoms with Gasteiger partial charge < -0.3 is 14.7 Å². The molecule has 11 rings (SSSR count). The fourth-order valence-electron chi connectivity index (χ4n) is 13.3. The molecule has 7 aromatic carbocycles. The zero-order chi connectivity index (χ0) is 52.9. The molecule has 0 amide bonds. The Hall–Kier alpha value is -6.00. The van der Waals surface area contributed by atoms with Crippen LogP contribution in [0.15, 0.2) is 140 Å². The van der Waals surface area contributed by atoms with Crippen LogP contribution in [0, 0.1) is 0 Å². The predicted molar refractivity (Wildman–Crippen MR) is 322 cm³/mol. The third-order valence-corrected chi connectivity index (χ3v) is 18.2. The van der Waals surface area contributed by atoms with Crippen molar-refractivity contribution in [3.05, 3.63) is 173 Å². The van der Waals surface area contributed by atoms with E-state index in [1.54, 1.807) is 0 Å². The first kappa shape index (κ1) is 50.2. The van der Waals surface area contributed by atoms with Crippen molar-refractivity contribution in [1.82, 2.24) is 0 Å². The molecule has 380 valence electrons. The lowest BCUT2D eigenvalue weighted by Gasteiger charge is -2.51. The Labute approximate surface area is 446 Å². The average Bonchev–Trinajstić information content (AvgIpc) is 3.61. The molecule has 4 heteroatoms. The van der Waals surface area contributed by atoms with E-state index in [4.69, 9.17) is 0 Å². The van der Waals surface area contributed by atoms with Crippen molar-refractivity contribution in [2.75, 3.05) is 14.7 Å². The van der Waals surface area contributed by atoms with Crippen molar-refractivity contribution in [1.29, 1.82) is 0 Å². The Morgan fingerprint density at radius 2 is 0.878 bits per heavy atom. The molecule has 3 heterocycles. The fourth-order valence-corrected chi connectivity index (χ4v) is 13.3. The highest BCUT2D eigenvalue weighted by molar-refractivity contribution is 7.00. The van der Waals surface area contributed by atoms with Gasteiger partial charge in [-0.1, -0.05) is 202 Å². The molecule has 3 nitrogen and oxygen atoms in total. The summed E-state index contributed by atoms with van der Waals surface area (Å²) >= 11 is 0. The maximum absolute atomic E-state index is 2.82. The molecule has 1 fully saturated rings. The SMILES string of the molecule is CC(C)(C)c1ccc(-c2ccc3c(c2)C2(C)CCCCC2(C)N3c2cc3c4c(c2)N(c2cccc(C(C)(C)C)c2)c2cc(C(C)(C)C)ccc2B4c2cc(C(C)(C)C)ccc2N3c2ccc(C(C)(C)C)cc2)cc1. The fraction of sp³-hybridized carbons (Fsp3) is 0.400. The van der Waals surface area contributed by atoms with Gasteiger partial charge in [-0.2, -0.15) is 0 Å². The molecule has 0 spiro atoms. The first-order chi connectivity index (χ1) is 34.6. The second-order valence-corrected chi connectivity index (χ2v) is 28.4. The quantitative estimate of drug-likeness (QED) is 0.163. The largest absolute Gasteiger partial charge is 0.334 e. The summed E-state index contributed by atoms with van der Waals surface area (Å²) < 4.78 is 0. The molecular formula is C70H82BN3. The van der Waals surface area contributed by atoms with E-state index in [9.17, 15) is 0 Å². The minimum absolute atomic E-state index is 0.0103. The Balaban J connectivity index is 1.24. The summed E-state index contributed by atoms with van der Waals surface area (Å²) in [6.07, 6.45) is 4.72. The summed E-state index contributed by atoms with van der Waals surface area (Å²) in [5.41, 5.74) is 24.7. The summed E-state index contributed by atoms with van der Waals surface area (Å²) in [6, 6.07) is 55.9. The van der Waals surface area contributed by atoms with Gasteiger partial charge in [0, 0.05) is 50.9 Å². The smallest absolute Gasteiger partial charge is 0.252 e. The summed E-state index contributed by atoms with van der Waals surface area (Å²) in [7, 11) is 0. The van der Waals surface area contributed by atoms with E-state index in [0.29, 0.717) is 0 Å². The van der Waals surface area contributed by atoms with Gasteiger partial charge in [-0.15, -0.1) is 0 Å². The molecule has 0 radical (unpaired) electrons. The summed E-state index contributed by atoms with van der Waals surface area (Å²) in [6.45, 7) is 40.3. The van der Waals surface area contributed by atoms with Gasteiger partial charge in [0.05, 0.1) is 5.54 Å². The topological polar surface area (TPSA) is 9.72 Å². The van der Waals surface area contributed by atoms with Crippen LogP contribution in [0.1, 0.15) is 177 Å². The Morgan fingerprint density at radius 3 is 1.49 bits per heavy atom. The monoisotopic (exact) mass is 976 g/mol. The average molecular weight is 976 g/mol. The number of benzene rings is 7. The van der Waals surface area contributed by atoms with E-state index >= 15 is 0 Å². The van der Waals surface area contributed by atoms with E-state index < -0.39 is 0 Å². The lowest BCUT2D eigenvalue weighted by Crippen LogP contribution is -2.62. The maximum Gasteiger partial charge on any atom is 0.252 e. The van der Waals surface area contributed by atoms with Gasteiger partial charge in [0.15, 0.2) is 0 Å². The van der Waals surface area contributed by atoms with Crippen LogP contribution in [0.4, 0.5) is 45.5 Å². The zero-order valence-electron chi connectivity index (χ0n) is 48.0. The second kappa shape index (κ2) is 16.8. The standard InChI is InChI=1S/C70H82BN3/c1-64(2,3)47-26-23-45(24-27-47)46-25-35-58-55(39-46)69(16)37-18-19-38-70(69,17)74(58)54-43-61-63-62(44-54)73(53-22-20-21-49(40-53)66(7,8)9)60-42-51(68(13,14)15)30-34-56(60)71(63)57-41-50(67(10,11)12)31-36-59(57)72(61)52-32-28-48(29-33-52)65(4,5)6/h20-36,39-44H,18-19,37-38H2,1-17H3. The number of hydrogen-bond acceptors (Lipinski definition) is 3. The zero-order valence-corrected chi connectivity index (χ0v) is 48.0. The summed E-state index contributed by atoms with van der Waals surface area (Å²) in [5, 5.41) is 0. The van der Waals surface area contributed by atoms with E-state index in [-0.39, 0.29) is 44.7 Å². The van der Waals surface area contributed by atoms with Gasteiger partial charge in [0.25, 0.3) is 6.71 Å². The minimum Gasteiger partial charge on any atom is -0.334 e. The maximum atomic E-state index is 2.82. The van der Waals surface area contributed by atoms with E-state index in [1.807, 2.05) is 0 Å². The Kier molecular flexibility index (Phi) is 11.4. The number of hydrogen-bond donors (Lipinski definition) is 0. The lowest BCUT2D eigenvalue weighted by molar-refractivity contribution is 0.195. The van der Waals surface area contributed by atoms with Crippen LogP contribution < -0.4 is 31.1 Å². The molecular weight excluding hydrogens is 894 g/mol. The number of anilines is 8. The van der Waals surface area contributed by atoms with Crippen LogP contribution >= 0.6 is 0 Å². The highest BCUT2D eigenvalue weighted by atomic mass is 15.3. The number of nitrogens with zero attached hydrogens (tertiary/aromatic N) is 3. The first-order valence-corrected chi connectivity index (χ1v) is 27.9. The summed E-state index contributed by atoms with van der Waals surface area (Å²) in [4.78, 5) is 8.13. The molecule has 7 aromatic rings. The molecule has 0 bridgehead atoms. The third-order valence-electron chi connectivity index (χ3n) is 18.2. The molecule has 3 aliphatic heterocycles. The van der Waals surface area contributed by atoms with Crippen LogP contribution in [-0.4, -0.2) is 12.3 Å². The second-order valence-electron chi connectivity index (χ2n) is 28.4. The van der Waals surface area contributed by atoms with Gasteiger partial charge >= 0.3 is 0 Å². The van der Waals surface area contributed by atoms with Crippen LogP contribution in [0.5, 0.6) is 0 Å². The Bertz CT molecular complexity index is 3340. The van der Waals surface area contributed by atoms with Crippen molar-refractivity contribution in [2.45, 2.75) is 181 Å². The van der Waals surface area contributed by atoms with E-state index in [0.717, 1.165) is 12.8 Å². The van der Waals surface area contributed by atoms with E-state index in [1.165, 1.54) is 119 Å². The van der Waals surface area contributed by atoms with Gasteiger partial charge in [0.2, 0.25) is 0 Å². The van der Waals surface area contributed by atoms with Crippen molar-refractivity contribution < 1.29 is 0 Å². The molecule has 1 saturated carbocycles. The number of fused-ring (bicyclic) bond motifs is 7. The van der Waals surface area contributed by atoms with Crippen molar-refractivity contribution in [2.24, 2.45) is 0 Å². The van der Waals surface area contributed by atoms with Gasteiger partial charge in [0.1, 0.15) is 0 Å². The van der Waals surface area contributed by atoms with Crippen molar-refractivity contribution in [3.8, 4) is 11.1 Å². The molecule has 2 atom stereocenters. The van der Waals surface area contributed by atoms with Crippen molar-refractivity contribution in [3.63, 3.8) is 0 Å². The van der Waals surface area contributed by atoms with Crippen LogP contribution in [0.3, 0.4) is 0 Å². The molecule has 0 aromatic heterocycles. The minimum atomic E-state index is -0.168. The molecule has 0 saturated heterocycles. The van der Waals surface area contributed by atoms with Gasteiger partial charge in [-0.3, -0.25) is 0 Å². The number of rotatable bonds is 4. The van der Waals surface area contributed by atoms with Crippen LogP contribution in [0.2, 0.25) is 0 Å². The first-order valence-electron chi connectivity index (χ1n) is 27.9. The van der Waals surface area contributed by atoms with Crippen LogP contribution in [-0.2, 0) is 32.5 Å². The highest BCUT2D eigenvalue weighted by Crippen LogP contribution is 2.62. The van der Waals surface area contributed by atoms with Crippen LogP contribution in [0.25, 0.3) is 11.1 Å². The predicted octanol–water partition coefficient (Wildman–Crippen LogP) is 17.7. The molecule has 2 unspecified atom stereocenters. The van der Waals surface area contributed by atoms with E-state index in [2.05, 4.69) is 272 Å². The molecule has 1 aliphatic carbocycles. The summed E-state index contributed by atoms with van der Waals surface area (Å²) in [5.74, 6) is 0. The third kappa shape index (κ3) is 7.98. The van der Waals surface area contributed by atoms with Gasteiger partial charge in [-0.05, 0) is 168 Å².